The average Bonchev–Trinajstić information content (AvgIpc) is 3.22. The topological polar surface area (TPSA) is 54.0 Å². The summed E-state index contributed by atoms with van der Waals surface area (Å²) in [7, 11) is 0. The van der Waals surface area contributed by atoms with Gasteiger partial charge in [-0.3, -0.25) is 4.79 Å². The molecule has 110 valence electrons. The number of hydrogen-bond acceptors (Lipinski definition) is 3. The Balaban J connectivity index is 2.17. The molecule has 1 aliphatic rings. The second-order valence-corrected chi connectivity index (χ2v) is 6.07. The number of carbonyl (C=O) groups excluding carboxylic acids is 1. The molecular formula is C16H25N3O. The number of aromatic nitrogens is 1. The molecule has 0 aromatic carbocycles. The lowest BCUT2D eigenvalue weighted by Gasteiger charge is -2.26. The Morgan fingerprint density at radius 1 is 1.35 bits per heavy atom. The van der Waals surface area contributed by atoms with Gasteiger partial charge in [-0.05, 0) is 58.1 Å². The van der Waals surface area contributed by atoms with Gasteiger partial charge in [0.1, 0.15) is 5.82 Å². The summed E-state index contributed by atoms with van der Waals surface area (Å²) in [6.45, 7) is 9.09. The summed E-state index contributed by atoms with van der Waals surface area (Å²) >= 11 is 0. The molecule has 20 heavy (non-hydrogen) atoms. The van der Waals surface area contributed by atoms with Gasteiger partial charge in [0.25, 0.3) is 5.91 Å². The average molecular weight is 275 g/mol. The van der Waals surface area contributed by atoms with Gasteiger partial charge in [0.15, 0.2) is 0 Å². The van der Waals surface area contributed by atoms with Crippen LogP contribution >= 0.6 is 0 Å². The quantitative estimate of drug-likeness (QED) is 0.839. The Bertz CT molecular complexity index is 492. The highest BCUT2D eigenvalue weighted by molar-refractivity contribution is 5.95. The second kappa shape index (κ2) is 5.81. The number of carbonyl (C=O) groups is 1. The van der Waals surface area contributed by atoms with Crippen LogP contribution in [0.25, 0.3) is 0 Å². The molecule has 0 bridgehead atoms. The minimum absolute atomic E-state index is 0.00171. The molecule has 1 heterocycles. The highest BCUT2D eigenvalue weighted by Crippen LogP contribution is 2.39. The van der Waals surface area contributed by atoms with Crippen LogP contribution in [0.3, 0.4) is 0 Å². The molecule has 0 saturated heterocycles. The van der Waals surface area contributed by atoms with Crippen LogP contribution in [0, 0.1) is 5.92 Å². The van der Waals surface area contributed by atoms with Crippen molar-refractivity contribution in [2.24, 2.45) is 5.92 Å². The van der Waals surface area contributed by atoms with Crippen LogP contribution in [0.1, 0.15) is 56.6 Å². The van der Waals surface area contributed by atoms with Crippen LogP contribution in [0.4, 0.5) is 5.82 Å². The monoisotopic (exact) mass is 275 g/mol. The van der Waals surface area contributed by atoms with Gasteiger partial charge < -0.3 is 10.6 Å². The number of nitrogens with one attached hydrogen (secondary N) is 2. The predicted molar refractivity (Wildman–Crippen MR) is 82.0 cm³/mol. The molecule has 1 fully saturated rings. The maximum atomic E-state index is 12.5. The molecule has 4 heteroatoms. The largest absolute Gasteiger partial charge is 0.370 e. The number of hydrogen-bond donors (Lipinski definition) is 2. The molecule has 4 nitrogen and oxygen atoms in total. The van der Waals surface area contributed by atoms with Crippen LogP contribution < -0.4 is 10.6 Å². The fraction of sp³-hybridized carbons (Fsp3) is 0.625. The highest BCUT2D eigenvalue weighted by atomic mass is 16.1. The zero-order valence-electron chi connectivity index (χ0n) is 12.9. The third-order valence-corrected chi connectivity index (χ3v) is 3.89. The minimum Gasteiger partial charge on any atom is -0.370 e. The van der Waals surface area contributed by atoms with Gasteiger partial charge in [-0.15, -0.1) is 0 Å². The van der Waals surface area contributed by atoms with Crippen molar-refractivity contribution >= 4 is 11.7 Å². The Morgan fingerprint density at radius 3 is 2.60 bits per heavy atom. The van der Waals surface area contributed by atoms with Crippen LogP contribution in [-0.4, -0.2) is 23.0 Å². The number of aryl methyl sites for hydroxylation is 1. The molecule has 2 rings (SSSR count). The fourth-order valence-corrected chi connectivity index (χ4v) is 2.44. The number of anilines is 1. The van der Waals surface area contributed by atoms with Crippen LogP contribution in [0.15, 0.2) is 12.1 Å². The van der Waals surface area contributed by atoms with Crippen LogP contribution in [0.2, 0.25) is 0 Å². The molecule has 1 aromatic heterocycles. The maximum Gasteiger partial charge on any atom is 0.251 e. The van der Waals surface area contributed by atoms with Gasteiger partial charge in [-0.1, -0.05) is 6.92 Å². The van der Waals surface area contributed by atoms with Gasteiger partial charge in [0, 0.05) is 23.3 Å². The van der Waals surface area contributed by atoms with Crippen molar-refractivity contribution in [2.45, 2.75) is 52.5 Å². The van der Waals surface area contributed by atoms with Crippen LogP contribution in [-0.2, 0) is 6.42 Å². The third kappa shape index (κ3) is 3.50. The number of rotatable bonds is 6. The first-order chi connectivity index (χ1) is 9.46. The van der Waals surface area contributed by atoms with E-state index in [0.29, 0.717) is 11.5 Å². The van der Waals surface area contributed by atoms with Gasteiger partial charge >= 0.3 is 0 Å². The van der Waals surface area contributed by atoms with Gasteiger partial charge in [-0.2, -0.15) is 0 Å². The van der Waals surface area contributed by atoms with Crippen molar-refractivity contribution in [3.8, 4) is 0 Å². The zero-order chi connectivity index (χ0) is 14.8. The smallest absolute Gasteiger partial charge is 0.251 e. The number of amides is 1. The molecule has 0 spiro atoms. The van der Waals surface area contributed by atoms with Crippen LogP contribution in [0.5, 0.6) is 0 Å². The first kappa shape index (κ1) is 14.8. The van der Waals surface area contributed by atoms with E-state index in [1.54, 1.807) is 0 Å². The lowest BCUT2D eigenvalue weighted by molar-refractivity contribution is 0.0903. The standard InChI is InChI=1S/C16H25N3O/c1-5-13-9-11(10-14(18-13)17-6-2)15(20)19-16(3,4)12-7-8-12/h9-10,12H,5-8H2,1-4H3,(H,17,18)(H,19,20). The summed E-state index contributed by atoms with van der Waals surface area (Å²) in [6, 6.07) is 3.72. The molecule has 2 N–H and O–H groups in total. The molecule has 0 radical (unpaired) electrons. The van der Waals surface area contributed by atoms with E-state index in [4.69, 9.17) is 0 Å². The third-order valence-electron chi connectivity index (χ3n) is 3.89. The molecule has 1 amide bonds. The molecular weight excluding hydrogens is 250 g/mol. The molecule has 1 aromatic rings. The Labute approximate surface area is 121 Å². The van der Waals surface area contributed by atoms with E-state index in [1.807, 2.05) is 26.0 Å². The normalized spacial score (nSPS) is 15.0. The summed E-state index contributed by atoms with van der Waals surface area (Å²) in [6.07, 6.45) is 3.25. The van der Waals surface area contributed by atoms with Crippen molar-refractivity contribution in [2.75, 3.05) is 11.9 Å². The first-order valence-electron chi connectivity index (χ1n) is 7.53. The molecule has 1 saturated carbocycles. The van der Waals surface area contributed by atoms with E-state index < -0.39 is 0 Å². The summed E-state index contributed by atoms with van der Waals surface area (Å²) in [5.74, 6) is 1.39. The van der Waals surface area contributed by atoms with Crippen molar-refractivity contribution in [1.82, 2.24) is 10.3 Å². The summed E-state index contributed by atoms with van der Waals surface area (Å²) < 4.78 is 0. The van der Waals surface area contributed by atoms with Crippen molar-refractivity contribution in [3.05, 3.63) is 23.4 Å². The SMILES string of the molecule is CCNc1cc(C(=O)NC(C)(C)C2CC2)cc(CC)n1. The number of pyridine rings is 1. The Hall–Kier alpha value is -1.58. The molecule has 0 aliphatic heterocycles. The molecule has 0 atom stereocenters. The van der Waals surface area contributed by atoms with E-state index in [2.05, 4.69) is 29.5 Å². The Kier molecular flexibility index (Phi) is 4.31. The predicted octanol–water partition coefficient (Wildman–Crippen LogP) is 2.99. The molecule has 1 aliphatic carbocycles. The summed E-state index contributed by atoms with van der Waals surface area (Å²) in [4.78, 5) is 16.9. The van der Waals surface area contributed by atoms with Crippen molar-refractivity contribution < 1.29 is 4.79 Å². The second-order valence-electron chi connectivity index (χ2n) is 6.07. The van der Waals surface area contributed by atoms with Crippen molar-refractivity contribution in [1.29, 1.82) is 0 Å². The zero-order valence-corrected chi connectivity index (χ0v) is 12.9. The van der Waals surface area contributed by atoms with Crippen molar-refractivity contribution in [3.63, 3.8) is 0 Å². The van der Waals surface area contributed by atoms with E-state index in [9.17, 15) is 4.79 Å². The fourth-order valence-electron chi connectivity index (χ4n) is 2.44. The van der Waals surface area contributed by atoms with E-state index in [-0.39, 0.29) is 11.4 Å². The van der Waals surface area contributed by atoms with Gasteiger partial charge in [0.2, 0.25) is 0 Å². The highest BCUT2D eigenvalue weighted by Gasteiger charge is 2.38. The first-order valence-corrected chi connectivity index (χ1v) is 7.53. The van der Waals surface area contributed by atoms with Gasteiger partial charge in [-0.25, -0.2) is 4.98 Å². The van der Waals surface area contributed by atoms with E-state index >= 15 is 0 Å². The summed E-state index contributed by atoms with van der Waals surface area (Å²) in [5, 5.41) is 6.34. The molecule has 0 unspecified atom stereocenters. The maximum absolute atomic E-state index is 12.5. The lowest BCUT2D eigenvalue weighted by atomic mass is 9.98. The Morgan fingerprint density at radius 2 is 2.05 bits per heavy atom. The van der Waals surface area contributed by atoms with Gasteiger partial charge in [0.05, 0.1) is 0 Å². The minimum atomic E-state index is -0.120. The lowest BCUT2D eigenvalue weighted by Crippen LogP contribution is -2.45. The number of nitrogens with zero attached hydrogens (tertiary/aromatic N) is 1. The van der Waals surface area contributed by atoms with E-state index in [0.717, 1.165) is 24.5 Å². The van der Waals surface area contributed by atoms with E-state index in [1.165, 1.54) is 12.8 Å². The summed E-state index contributed by atoms with van der Waals surface area (Å²) in [5.41, 5.74) is 1.52.